The molecule has 1 heterocycles. The Morgan fingerprint density at radius 2 is 1.76 bits per heavy atom. The Morgan fingerprint density at radius 3 is 2.60 bits per heavy atom. The molecule has 0 saturated heterocycles. The van der Waals surface area contributed by atoms with Crippen molar-refractivity contribution < 1.29 is 5.11 Å². The van der Waals surface area contributed by atoms with Crippen molar-refractivity contribution in [3.63, 3.8) is 0 Å². The molecule has 0 aliphatic heterocycles. The van der Waals surface area contributed by atoms with Crippen LogP contribution in [-0.2, 0) is 0 Å². The maximum atomic E-state index is 10.3. The van der Waals surface area contributed by atoms with Gasteiger partial charge in [-0.2, -0.15) is 0 Å². The molecule has 0 radical (unpaired) electrons. The predicted molar refractivity (Wildman–Crippen MR) is 103 cm³/mol. The molecule has 4 nitrogen and oxygen atoms in total. The summed E-state index contributed by atoms with van der Waals surface area (Å²) in [6.07, 6.45) is 1.71. The molecule has 1 aromatic heterocycles. The predicted octanol–water partition coefficient (Wildman–Crippen LogP) is 5.23. The number of aromatic hydroxyl groups is 1. The van der Waals surface area contributed by atoms with Crippen LogP contribution in [0, 0.1) is 0 Å². The van der Waals surface area contributed by atoms with E-state index in [1.54, 1.807) is 12.3 Å². The van der Waals surface area contributed by atoms with Crippen LogP contribution in [0.5, 0.6) is 5.75 Å². The molecule has 0 fully saturated rings. The molecule has 0 bridgehead atoms. The van der Waals surface area contributed by atoms with Gasteiger partial charge >= 0.3 is 0 Å². The third-order valence-electron chi connectivity index (χ3n) is 4.35. The van der Waals surface area contributed by atoms with Crippen molar-refractivity contribution in [3.05, 3.63) is 66.2 Å². The van der Waals surface area contributed by atoms with E-state index in [0.29, 0.717) is 11.5 Å². The summed E-state index contributed by atoms with van der Waals surface area (Å²) in [4.78, 5) is 9.25. The molecule has 0 aliphatic rings. The van der Waals surface area contributed by atoms with Crippen LogP contribution in [0.3, 0.4) is 0 Å². The number of para-hydroxylation sites is 2. The Hall–Kier alpha value is -3.14. The fraction of sp³-hybridized carbons (Fsp3) is 0.143. The van der Waals surface area contributed by atoms with Gasteiger partial charge in [0.1, 0.15) is 5.75 Å². The van der Waals surface area contributed by atoms with Crippen LogP contribution in [0.1, 0.15) is 25.5 Å². The van der Waals surface area contributed by atoms with E-state index >= 15 is 0 Å². The molecule has 4 heteroatoms. The lowest BCUT2D eigenvalue weighted by Crippen LogP contribution is -2.00. The fourth-order valence-corrected chi connectivity index (χ4v) is 3.17. The van der Waals surface area contributed by atoms with E-state index in [1.807, 2.05) is 48.5 Å². The van der Waals surface area contributed by atoms with Crippen LogP contribution in [-0.4, -0.2) is 20.9 Å². The Balaban J connectivity index is 1.87. The number of aliphatic imine (C=N–C) groups is 1. The monoisotopic (exact) mass is 329 g/mol. The lowest BCUT2D eigenvalue weighted by Gasteiger charge is -2.10. The van der Waals surface area contributed by atoms with E-state index in [4.69, 9.17) is 0 Å². The Kier molecular flexibility index (Phi) is 3.73. The van der Waals surface area contributed by atoms with Crippen LogP contribution >= 0.6 is 0 Å². The summed E-state index contributed by atoms with van der Waals surface area (Å²) in [7, 11) is 0. The van der Waals surface area contributed by atoms with Gasteiger partial charge in [0, 0.05) is 17.8 Å². The first-order chi connectivity index (χ1) is 12.1. The van der Waals surface area contributed by atoms with Gasteiger partial charge in [-0.15, -0.1) is 0 Å². The van der Waals surface area contributed by atoms with Crippen molar-refractivity contribution in [1.82, 2.24) is 9.55 Å². The highest BCUT2D eigenvalue weighted by molar-refractivity contribution is 6.03. The van der Waals surface area contributed by atoms with Crippen molar-refractivity contribution in [1.29, 1.82) is 0 Å². The van der Waals surface area contributed by atoms with Crippen LogP contribution in [0.15, 0.2) is 65.7 Å². The average Bonchev–Trinajstić information content (AvgIpc) is 2.99. The van der Waals surface area contributed by atoms with Gasteiger partial charge in [-0.25, -0.2) is 9.98 Å². The minimum atomic E-state index is 0.217. The highest BCUT2D eigenvalue weighted by Gasteiger charge is 2.12. The molecular formula is C21H19N3O. The van der Waals surface area contributed by atoms with Gasteiger partial charge in [0.05, 0.1) is 11.0 Å². The molecule has 25 heavy (non-hydrogen) atoms. The molecule has 0 aliphatic carbocycles. The average molecular weight is 329 g/mol. The summed E-state index contributed by atoms with van der Waals surface area (Å²) in [6, 6.07) is 19.8. The van der Waals surface area contributed by atoms with E-state index in [9.17, 15) is 5.11 Å². The van der Waals surface area contributed by atoms with Gasteiger partial charge in [-0.1, -0.05) is 42.5 Å². The molecule has 124 valence electrons. The van der Waals surface area contributed by atoms with E-state index in [2.05, 4.69) is 34.5 Å². The summed E-state index contributed by atoms with van der Waals surface area (Å²) >= 11 is 0. The summed E-state index contributed by atoms with van der Waals surface area (Å²) in [5.74, 6) is 0.859. The summed E-state index contributed by atoms with van der Waals surface area (Å²) in [5, 5.41) is 12.3. The Bertz CT molecular complexity index is 1090. The second kappa shape index (κ2) is 6.06. The van der Waals surface area contributed by atoms with Crippen LogP contribution in [0.25, 0.3) is 21.8 Å². The first-order valence-corrected chi connectivity index (χ1v) is 8.37. The molecule has 0 atom stereocenters. The number of nitrogens with zero attached hydrogens (tertiary/aromatic N) is 3. The van der Waals surface area contributed by atoms with Gasteiger partial charge in [0.15, 0.2) is 0 Å². The van der Waals surface area contributed by atoms with Gasteiger partial charge in [0.25, 0.3) is 0 Å². The number of fused-ring (bicyclic) bond motifs is 2. The van der Waals surface area contributed by atoms with E-state index in [1.165, 1.54) is 0 Å². The van der Waals surface area contributed by atoms with Crippen molar-refractivity contribution in [2.24, 2.45) is 4.99 Å². The highest BCUT2D eigenvalue weighted by Crippen LogP contribution is 2.28. The van der Waals surface area contributed by atoms with Crippen molar-refractivity contribution >= 4 is 34.0 Å². The molecule has 0 unspecified atom stereocenters. The molecule has 4 aromatic rings. The first kappa shape index (κ1) is 15.4. The molecular weight excluding hydrogens is 310 g/mol. The van der Waals surface area contributed by atoms with E-state index < -0.39 is 0 Å². The van der Waals surface area contributed by atoms with Crippen molar-refractivity contribution in [3.8, 4) is 5.75 Å². The SMILES string of the molecule is CC(C)n1c(/N=C/c2c(O)ccc3ccccc23)nc2ccccc21. The topological polar surface area (TPSA) is 50.4 Å². The number of hydrogen-bond acceptors (Lipinski definition) is 3. The number of aromatic nitrogens is 2. The normalized spacial score (nSPS) is 12.0. The van der Waals surface area contributed by atoms with Gasteiger partial charge in [0.2, 0.25) is 5.95 Å². The van der Waals surface area contributed by atoms with E-state index in [-0.39, 0.29) is 11.8 Å². The smallest absolute Gasteiger partial charge is 0.230 e. The minimum Gasteiger partial charge on any atom is -0.507 e. The molecule has 4 rings (SSSR count). The summed E-state index contributed by atoms with van der Waals surface area (Å²) < 4.78 is 2.11. The Morgan fingerprint density at radius 1 is 1.00 bits per heavy atom. The number of rotatable bonds is 3. The van der Waals surface area contributed by atoms with Gasteiger partial charge in [-0.3, -0.25) is 0 Å². The maximum Gasteiger partial charge on any atom is 0.230 e. The van der Waals surface area contributed by atoms with Crippen LogP contribution in [0.2, 0.25) is 0 Å². The number of imidazole rings is 1. The third-order valence-corrected chi connectivity index (χ3v) is 4.35. The standard InChI is InChI=1S/C21H19N3O/c1-14(2)24-19-10-6-5-9-18(19)23-21(24)22-13-17-16-8-4-3-7-15(16)11-12-20(17)25/h3-14,25H,1-2H3/b22-13+. The summed E-state index contributed by atoms with van der Waals surface area (Å²) in [5.41, 5.74) is 2.69. The molecule has 3 aromatic carbocycles. The molecule has 0 saturated carbocycles. The number of benzene rings is 3. The largest absolute Gasteiger partial charge is 0.507 e. The number of phenolic OH excluding ortho intramolecular Hbond substituents is 1. The molecule has 1 N–H and O–H groups in total. The minimum absolute atomic E-state index is 0.217. The van der Waals surface area contributed by atoms with Crippen molar-refractivity contribution in [2.45, 2.75) is 19.9 Å². The zero-order valence-electron chi connectivity index (χ0n) is 14.2. The third kappa shape index (κ3) is 2.66. The number of hydrogen-bond donors (Lipinski definition) is 1. The van der Waals surface area contributed by atoms with Crippen LogP contribution in [0.4, 0.5) is 5.95 Å². The van der Waals surface area contributed by atoms with Gasteiger partial charge < -0.3 is 9.67 Å². The molecule has 0 spiro atoms. The second-order valence-corrected chi connectivity index (χ2v) is 6.34. The zero-order valence-corrected chi connectivity index (χ0v) is 14.2. The van der Waals surface area contributed by atoms with E-state index in [0.717, 1.165) is 21.8 Å². The zero-order chi connectivity index (χ0) is 17.4. The summed E-state index contributed by atoms with van der Waals surface area (Å²) in [6.45, 7) is 4.23. The number of phenols is 1. The lowest BCUT2D eigenvalue weighted by atomic mass is 10.0. The fourth-order valence-electron chi connectivity index (χ4n) is 3.17. The first-order valence-electron chi connectivity index (χ1n) is 8.37. The lowest BCUT2D eigenvalue weighted by molar-refractivity contribution is 0.475. The quantitative estimate of drug-likeness (QED) is 0.523. The second-order valence-electron chi connectivity index (χ2n) is 6.34. The van der Waals surface area contributed by atoms with Crippen molar-refractivity contribution in [2.75, 3.05) is 0 Å². The highest BCUT2D eigenvalue weighted by atomic mass is 16.3. The van der Waals surface area contributed by atoms with Crippen LogP contribution < -0.4 is 0 Å². The maximum absolute atomic E-state index is 10.3. The molecule has 0 amide bonds. The Labute approximate surface area is 146 Å². The van der Waals surface area contributed by atoms with Gasteiger partial charge in [-0.05, 0) is 42.8 Å².